The number of nitro benzene ring substituents is 1. The number of rotatable bonds is 3. The second kappa shape index (κ2) is 5.29. The summed E-state index contributed by atoms with van der Waals surface area (Å²) in [5, 5.41) is 14.6. The minimum atomic E-state index is -0.384. The quantitative estimate of drug-likeness (QED) is 0.682. The average Bonchev–Trinajstić information content (AvgIpc) is 2.83. The molecule has 0 aromatic heterocycles. The first kappa shape index (κ1) is 14.3. The van der Waals surface area contributed by atoms with Gasteiger partial charge in [-0.05, 0) is 17.6 Å². The molecule has 1 aromatic carbocycles. The summed E-state index contributed by atoms with van der Waals surface area (Å²) in [7, 11) is 0. The van der Waals surface area contributed by atoms with Crippen LogP contribution in [0.4, 0.5) is 11.4 Å². The number of hydrogen-bond acceptors (Lipinski definition) is 6. The second-order valence-electron chi connectivity index (χ2n) is 6.20. The predicted molar refractivity (Wildman–Crippen MR) is 82.4 cm³/mol. The summed E-state index contributed by atoms with van der Waals surface area (Å²) in [4.78, 5) is 10.9. The molecule has 1 aromatic rings. The van der Waals surface area contributed by atoms with E-state index in [-0.39, 0.29) is 28.9 Å². The zero-order valence-electron chi connectivity index (χ0n) is 12.0. The molecular formula is C14H18N2O4S. The third kappa shape index (κ3) is 3.02. The van der Waals surface area contributed by atoms with E-state index in [1.54, 1.807) is 6.07 Å². The molecule has 0 amide bonds. The second-order valence-corrected chi connectivity index (χ2v) is 7.23. The lowest BCUT2D eigenvalue weighted by atomic mass is 9.87. The number of hydrogen-bond donors (Lipinski definition) is 1. The predicted octanol–water partition coefficient (Wildman–Crippen LogP) is 3.27. The summed E-state index contributed by atoms with van der Waals surface area (Å²) in [6.07, 6.45) is 0.992. The lowest BCUT2D eigenvalue weighted by Gasteiger charge is -2.35. The summed E-state index contributed by atoms with van der Waals surface area (Å²) in [5.41, 5.74) is 0.784. The number of nitrogens with one attached hydrogen (secondary N) is 1. The Hall–Kier alpha value is -1.63. The average molecular weight is 310 g/mol. The van der Waals surface area contributed by atoms with Crippen molar-refractivity contribution in [2.24, 2.45) is 5.41 Å². The van der Waals surface area contributed by atoms with E-state index in [0.29, 0.717) is 17.2 Å². The van der Waals surface area contributed by atoms with E-state index in [1.165, 1.54) is 6.07 Å². The van der Waals surface area contributed by atoms with Crippen LogP contribution in [0.25, 0.3) is 0 Å². The van der Waals surface area contributed by atoms with Gasteiger partial charge in [0.25, 0.3) is 5.69 Å². The van der Waals surface area contributed by atoms with Gasteiger partial charge in [0.1, 0.15) is 5.69 Å². The molecule has 2 aliphatic heterocycles. The van der Waals surface area contributed by atoms with Crippen LogP contribution >= 0.6 is 11.8 Å². The van der Waals surface area contributed by atoms with E-state index in [0.717, 1.165) is 17.9 Å². The maximum Gasteiger partial charge on any atom is 0.296 e. The first-order chi connectivity index (χ1) is 9.94. The van der Waals surface area contributed by atoms with Crippen LogP contribution in [0.15, 0.2) is 12.1 Å². The van der Waals surface area contributed by atoms with Crippen molar-refractivity contribution < 1.29 is 14.4 Å². The molecule has 0 spiro atoms. The smallest absolute Gasteiger partial charge is 0.296 e. The highest BCUT2D eigenvalue weighted by molar-refractivity contribution is 7.99. The van der Waals surface area contributed by atoms with Gasteiger partial charge in [-0.3, -0.25) is 10.1 Å². The summed E-state index contributed by atoms with van der Waals surface area (Å²) >= 11 is 1.88. The normalized spacial score (nSPS) is 22.9. The third-order valence-corrected chi connectivity index (χ3v) is 5.28. The Labute approximate surface area is 127 Å². The largest absolute Gasteiger partial charge is 0.454 e. The fourth-order valence-corrected chi connectivity index (χ4v) is 4.05. The van der Waals surface area contributed by atoms with Crippen molar-refractivity contribution in [3.63, 3.8) is 0 Å². The highest BCUT2D eigenvalue weighted by Crippen LogP contribution is 2.42. The SMILES string of the molecule is CC1(C)CSCC(Nc2cc3c(cc2[N+](=O)[O-])OCO3)C1. The Morgan fingerprint density at radius 1 is 1.38 bits per heavy atom. The highest BCUT2D eigenvalue weighted by atomic mass is 32.2. The molecule has 1 atom stereocenters. The van der Waals surface area contributed by atoms with Gasteiger partial charge in [0.2, 0.25) is 6.79 Å². The van der Waals surface area contributed by atoms with Gasteiger partial charge in [0.05, 0.1) is 11.0 Å². The van der Waals surface area contributed by atoms with Gasteiger partial charge in [0.15, 0.2) is 11.5 Å². The van der Waals surface area contributed by atoms with E-state index in [2.05, 4.69) is 19.2 Å². The Morgan fingerprint density at radius 3 is 2.76 bits per heavy atom. The molecule has 1 fully saturated rings. The molecule has 0 saturated carbocycles. The van der Waals surface area contributed by atoms with Gasteiger partial charge in [-0.15, -0.1) is 0 Å². The first-order valence-electron chi connectivity index (χ1n) is 6.87. The molecule has 2 heterocycles. The Kier molecular flexibility index (Phi) is 3.61. The van der Waals surface area contributed by atoms with Crippen LogP contribution in [0.5, 0.6) is 11.5 Å². The summed E-state index contributed by atoms with van der Waals surface area (Å²) < 4.78 is 10.5. The van der Waals surface area contributed by atoms with Crippen LogP contribution in [0, 0.1) is 15.5 Å². The number of thioether (sulfide) groups is 1. The van der Waals surface area contributed by atoms with Crippen molar-refractivity contribution >= 4 is 23.1 Å². The zero-order chi connectivity index (χ0) is 15.0. The highest BCUT2D eigenvalue weighted by Gasteiger charge is 2.31. The Morgan fingerprint density at radius 2 is 2.10 bits per heavy atom. The van der Waals surface area contributed by atoms with Crippen LogP contribution in [0.1, 0.15) is 20.3 Å². The fourth-order valence-electron chi connectivity index (χ4n) is 2.77. The maximum atomic E-state index is 11.3. The number of fused-ring (bicyclic) bond motifs is 1. The van der Waals surface area contributed by atoms with Gasteiger partial charge in [-0.25, -0.2) is 0 Å². The van der Waals surface area contributed by atoms with Gasteiger partial charge in [-0.1, -0.05) is 13.8 Å². The van der Waals surface area contributed by atoms with Crippen LogP contribution in [0.2, 0.25) is 0 Å². The monoisotopic (exact) mass is 310 g/mol. The summed E-state index contributed by atoms with van der Waals surface area (Å²) in [6, 6.07) is 3.33. The fraction of sp³-hybridized carbons (Fsp3) is 0.571. The van der Waals surface area contributed by atoms with Gasteiger partial charge < -0.3 is 14.8 Å². The Balaban J connectivity index is 1.86. The van der Waals surface area contributed by atoms with Crippen molar-refractivity contribution in [2.75, 3.05) is 23.6 Å². The molecule has 6 nitrogen and oxygen atoms in total. The van der Waals surface area contributed by atoms with Gasteiger partial charge in [-0.2, -0.15) is 11.8 Å². The number of ether oxygens (including phenoxy) is 2. The minimum absolute atomic E-state index is 0.0348. The van der Waals surface area contributed by atoms with Crippen molar-refractivity contribution in [3.05, 3.63) is 22.2 Å². The van der Waals surface area contributed by atoms with Crippen molar-refractivity contribution in [3.8, 4) is 11.5 Å². The summed E-state index contributed by atoms with van der Waals surface area (Å²) in [5.74, 6) is 3.07. The molecule has 114 valence electrons. The molecule has 0 aliphatic carbocycles. The molecule has 21 heavy (non-hydrogen) atoms. The van der Waals surface area contributed by atoms with E-state index in [9.17, 15) is 10.1 Å². The summed E-state index contributed by atoms with van der Waals surface area (Å²) in [6.45, 7) is 4.56. The maximum absolute atomic E-state index is 11.3. The van der Waals surface area contributed by atoms with Crippen LogP contribution in [0.3, 0.4) is 0 Å². The zero-order valence-corrected chi connectivity index (χ0v) is 12.9. The van der Waals surface area contributed by atoms with E-state index in [4.69, 9.17) is 9.47 Å². The lowest BCUT2D eigenvalue weighted by Crippen LogP contribution is -2.35. The third-order valence-electron chi connectivity index (χ3n) is 3.66. The molecule has 1 N–H and O–H groups in total. The Bertz CT molecular complexity index is 576. The molecule has 3 rings (SSSR count). The van der Waals surface area contributed by atoms with Crippen LogP contribution in [-0.2, 0) is 0 Å². The van der Waals surface area contributed by atoms with Gasteiger partial charge >= 0.3 is 0 Å². The topological polar surface area (TPSA) is 73.6 Å². The molecule has 1 saturated heterocycles. The molecule has 7 heteroatoms. The first-order valence-corrected chi connectivity index (χ1v) is 8.02. The number of benzene rings is 1. The number of anilines is 1. The molecule has 2 aliphatic rings. The lowest BCUT2D eigenvalue weighted by molar-refractivity contribution is -0.384. The van der Waals surface area contributed by atoms with E-state index < -0.39 is 0 Å². The molecule has 1 unspecified atom stereocenters. The van der Waals surface area contributed by atoms with Gasteiger partial charge in [0, 0.05) is 17.9 Å². The van der Waals surface area contributed by atoms with Crippen LogP contribution in [-0.4, -0.2) is 29.3 Å². The van der Waals surface area contributed by atoms with Crippen LogP contribution < -0.4 is 14.8 Å². The molecular weight excluding hydrogens is 292 g/mol. The van der Waals surface area contributed by atoms with Crippen molar-refractivity contribution in [2.45, 2.75) is 26.3 Å². The van der Waals surface area contributed by atoms with Crippen molar-refractivity contribution in [1.29, 1.82) is 0 Å². The number of nitro groups is 1. The van der Waals surface area contributed by atoms with E-state index in [1.807, 2.05) is 11.8 Å². The standard InChI is InChI=1S/C14H18N2O4S/c1-14(2)5-9(6-21-7-14)15-10-3-12-13(20-8-19-12)4-11(10)16(17)18/h3-4,9,15H,5-8H2,1-2H3. The van der Waals surface area contributed by atoms with E-state index >= 15 is 0 Å². The molecule has 0 bridgehead atoms. The molecule has 0 radical (unpaired) electrons. The van der Waals surface area contributed by atoms with Crippen molar-refractivity contribution in [1.82, 2.24) is 0 Å². The minimum Gasteiger partial charge on any atom is -0.454 e. The number of nitrogens with zero attached hydrogens (tertiary/aromatic N) is 1.